The lowest BCUT2D eigenvalue weighted by Gasteiger charge is -2.21. The summed E-state index contributed by atoms with van der Waals surface area (Å²) in [4.78, 5) is 34.5. The predicted molar refractivity (Wildman–Crippen MR) is 82.4 cm³/mol. The summed E-state index contributed by atoms with van der Waals surface area (Å²) < 4.78 is 13.8. The molecule has 0 heterocycles. The van der Waals surface area contributed by atoms with Crippen molar-refractivity contribution in [1.82, 2.24) is 0 Å². The van der Waals surface area contributed by atoms with Gasteiger partial charge in [-0.1, -0.05) is 0 Å². The number of phenolic OH excluding ortho intramolecular Hbond substituents is 2. The first-order valence-electron chi connectivity index (χ1n) is 7.24. The Morgan fingerprint density at radius 2 is 1.60 bits per heavy atom. The van der Waals surface area contributed by atoms with Gasteiger partial charge in [-0.15, -0.1) is 0 Å². The summed E-state index contributed by atoms with van der Waals surface area (Å²) in [6.07, 6.45) is -2.45. The van der Waals surface area contributed by atoms with Crippen LogP contribution in [0.3, 0.4) is 0 Å². The number of esters is 3. The third-order valence-corrected chi connectivity index (χ3v) is 2.51. The van der Waals surface area contributed by atoms with E-state index in [1.54, 1.807) is 20.8 Å². The van der Waals surface area contributed by atoms with Crippen LogP contribution in [0.15, 0.2) is 18.2 Å². The van der Waals surface area contributed by atoms with Crippen LogP contribution in [0.25, 0.3) is 0 Å². The van der Waals surface area contributed by atoms with Crippen LogP contribution in [0.2, 0.25) is 0 Å². The Balaban J connectivity index is 2.42. The SMILES string of the molecule is CC(C)(C)OC(=O)C(O)OC(=O)COC(=O)Cc1cc(O)cc(O)c1. The molecule has 0 fully saturated rings. The van der Waals surface area contributed by atoms with Gasteiger partial charge in [-0.05, 0) is 38.5 Å². The second-order valence-corrected chi connectivity index (χ2v) is 6.07. The smallest absolute Gasteiger partial charge is 0.376 e. The van der Waals surface area contributed by atoms with Gasteiger partial charge in [0.15, 0.2) is 6.61 Å². The molecule has 0 radical (unpaired) electrons. The Labute approximate surface area is 143 Å². The summed E-state index contributed by atoms with van der Waals surface area (Å²) in [5, 5.41) is 28.0. The number of aliphatic hydroxyl groups is 1. The maximum Gasteiger partial charge on any atom is 0.376 e. The van der Waals surface area contributed by atoms with Crippen molar-refractivity contribution in [2.45, 2.75) is 39.1 Å². The molecule has 0 aliphatic carbocycles. The van der Waals surface area contributed by atoms with Gasteiger partial charge >= 0.3 is 17.9 Å². The number of ether oxygens (including phenoxy) is 3. The summed E-state index contributed by atoms with van der Waals surface area (Å²) in [7, 11) is 0. The Kier molecular flexibility index (Phi) is 6.75. The van der Waals surface area contributed by atoms with Crippen molar-refractivity contribution < 1.29 is 43.9 Å². The van der Waals surface area contributed by atoms with Crippen LogP contribution in [0.5, 0.6) is 11.5 Å². The van der Waals surface area contributed by atoms with E-state index in [0.29, 0.717) is 0 Å². The lowest BCUT2D eigenvalue weighted by atomic mass is 10.1. The molecular formula is C16H20O9. The van der Waals surface area contributed by atoms with E-state index >= 15 is 0 Å². The molecule has 25 heavy (non-hydrogen) atoms. The van der Waals surface area contributed by atoms with E-state index < -0.39 is 36.4 Å². The third kappa shape index (κ3) is 8.02. The van der Waals surface area contributed by atoms with Crippen molar-refractivity contribution in [1.29, 1.82) is 0 Å². The summed E-state index contributed by atoms with van der Waals surface area (Å²) in [5.41, 5.74) is -0.603. The second-order valence-electron chi connectivity index (χ2n) is 6.07. The minimum Gasteiger partial charge on any atom is -0.508 e. The molecule has 1 aromatic carbocycles. The molecule has 0 aliphatic rings. The lowest BCUT2D eigenvalue weighted by Crippen LogP contribution is -2.35. The highest BCUT2D eigenvalue weighted by Gasteiger charge is 2.26. The maximum atomic E-state index is 11.6. The van der Waals surface area contributed by atoms with Gasteiger partial charge in [0, 0.05) is 6.07 Å². The van der Waals surface area contributed by atoms with E-state index in [0.717, 1.165) is 6.07 Å². The van der Waals surface area contributed by atoms with Crippen molar-refractivity contribution in [3.05, 3.63) is 23.8 Å². The Morgan fingerprint density at radius 1 is 1.04 bits per heavy atom. The van der Waals surface area contributed by atoms with Gasteiger partial charge in [0.1, 0.15) is 17.1 Å². The molecule has 1 atom stereocenters. The van der Waals surface area contributed by atoms with Gasteiger partial charge < -0.3 is 29.5 Å². The van der Waals surface area contributed by atoms with Gasteiger partial charge in [-0.3, -0.25) is 4.79 Å². The normalized spacial score (nSPS) is 12.2. The number of aliphatic hydroxyl groups excluding tert-OH is 1. The molecule has 0 saturated heterocycles. The van der Waals surface area contributed by atoms with E-state index in [9.17, 15) is 29.7 Å². The molecule has 1 aromatic rings. The molecule has 1 unspecified atom stereocenters. The van der Waals surface area contributed by atoms with Gasteiger partial charge in [-0.2, -0.15) is 0 Å². The predicted octanol–water partition coefficient (Wildman–Crippen LogP) is 0.387. The van der Waals surface area contributed by atoms with Crippen molar-refractivity contribution in [2.24, 2.45) is 0 Å². The van der Waals surface area contributed by atoms with E-state index in [4.69, 9.17) is 4.74 Å². The van der Waals surface area contributed by atoms with Crippen molar-refractivity contribution in [3.63, 3.8) is 0 Å². The van der Waals surface area contributed by atoms with E-state index in [1.807, 2.05) is 0 Å². The van der Waals surface area contributed by atoms with Gasteiger partial charge in [0.05, 0.1) is 6.42 Å². The summed E-state index contributed by atoms with van der Waals surface area (Å²) in [6, 6.07) is 3.57. The largest absolute Gasteiger partial charge is 0.508 e. The molecule has 0 aliphatic heterocycles. The average molecular weight is 356 g/mol. The molecule has 0 bridgehead atoms. The Bertz CT molecular complexity index is 625. The Hall–Kier alpha value is -2.81. The average Bonchev–Trinajstić information content (AvgIpc) is 2.42. The summed E-state index contributed by atoms with van der Waals surface area (Å²) in [5.74, 6) is -3.60. The lowest BCUT2D eigenvalue weighted by molar-refractivity contribution is -0.200. The van der Waals surface area contributed by atoms with E-state index in [-0.39, 0.29) is 23.5 Å². The molecule has 9 heteroatoms. The molecule has 3 N–H and O–H groups in total. The fourth-order valence-electron chi connectivity index (χ4n) is 1.67. The first-order chi connectivity index (χ1) is 11.5. The van der Waals surface area contributed by atoms with Crippen LogP contribution in [-0.4, -0.2) is 51.7 Å². The van der Waals surface area contributed by atoms with Gasteiger partial charge in [-0.25, -0.2) is 9.59 Å². The van der Waals surface area contributed by atoms with Gasteiger partial charge in [0.25, 0.3) is 6.29 Å². The number of carbonyl (C=O) groups is 3. The number of phenols is 2. The van der Waals surface area contributed by atoms with Gasteiger partial charge in [0.2, 0.25) is 0 Å². The first-order valence-corrected chi connectivity index (χ1v) is 7.24. The summed E-state index contributed by atoms with van der Waals surface area (Å²) in [6.45, 7) is 3.88. The van der Waals surface area contributed by atoms with Crippen LogP contribution < -0.4 is 0 Å². The highest BCUT2D eigenvalue weighted by atomic mass is 16.7. The molecule has 0 aromatic heterocycles. The molecule has 0 amide bonds. The molecule has 1 rings (SSSR count). The standard InChI is InChI=1S/C16H20O9/c1-16(2,3)25-15(22)14(21)24-13(20)8-23-12(19)6-9-4-10(17)7-11(18)5-9/h4-5,7,14,17-18,21H,6,8H2,1-3H3. The van der Waals surface area contributed by atoms with Crippen LogP contribution in [0, 0.1) is 0 Å². The minimum absolute atomic E-state index is 0.234. The number of aromatic hydroxyl groups is 2. The molecule has 0 saturated carbocycles. The third-order valence-electron chi connectivity index (χ3n) is 2.51. The second kappa shape index (κ2) is 8.34. The number of hydrogen-bond acceptors (Lipinski definition) is 9. The van der Waals surface area contributed by atoms with Crippen LogP contribution in [-0.2, 0) is 35.0 Å². The zero-order chi connectivity index (χ0) is 19.2. The van der Waals surface area contributed by atoms with Crippen LogP contribution in [0.4, 0.5) is 0 Å². The van der Waals surface area contributed by atoms with Crippen LogP contribution in [0.1, 0.15) is 26.3 Å². The summed E-state index contributed by atoms with van der Waals surface area (Å²) >= 11 is 0. The zero-order valence-electron chi connectivity index (χ0n) is 14.0. The van der Waals surface area contributed by atoms with Crippen LogP contribution >= 0.6 is 0 Å². The monoisotopic (exact) mass is 356 g/mol. The van der Waals surface area contributed by atoms with Crippen molar-refractivity contribution in [3.8, 4) is 11.5 Å². The fourth-order valence-corrected chi connectivity index (χ4v) is 1.67. The highest BCUT2D eigenvalue weighted by Crippen LogP contribution is 2.20. The first kappa shape index (κ1) is 20.2. The quantitative estimate of drug-likeness (QED) is 0.375. The Morgan fingerprint density at radius 3 is 2.12 bits per heavy atom. The number of rotatable bonds is 6. The topological polar surface area (TPSA) is 140 Å². The molecule has 9 nitrogen and oxygen atoms in total. The fraction of sp³-hybridized carbons (Fsp3) is 0.438. The van der Waals surface area contributed by atoms with Crippen molar-refractivity contribution in [2.75, 3.05) is 6.61 Å². The number of benzene rings is 1. The molecule has 138 valence electrons. The minimum atomic E-state index is -2.13. The molecular weight excluding hydrogens is 336 g/mol. The van der Waals surface area contributed by atoms with E-state index in [2.05, 4.69) is 9.47 Å². The maximum absolute atomic E-state index is 11.6. The zero-order valence-corrected chi connectivity index (χ0v) is 14.0. The highest BCUT2D eigenvalue weighted by molar-refractivity contribution is 5.81. The van der Waals surface area contributed by atoms with Crippen molar-refractivity contribution >= 4 is 17.9 Å². The molecule has 0 spiro atoms. The van der Waals surface area contributed by atoms with E-state index in [1.165, 1.54) is 12.1 Å². The number of hydrogen-bond donors (Lipinski definition) is 3. The number of carbonyl (C=O) groups excluding carboxylic acids is 3.